The second-order valence-corrected chi connectivity index (χ2v) is 10.7. The lowest BCUT2D eigenvalue weighted by molar-refractivity contribution is -0.362. The molecule has 0 spiro atoms. The van der Waals surface area contributed by atoms with Gasteiger partial charge in [0.15, 0.2) is 18.9 Å². The van der Waals surface area contributed by atoms with Crippen molar-refractivity contribution in [2.75, 3.05) is 26.4 Å². The van der Waals surface area contributed by atoms with Gasteiger partial charge in [-0.2, -0.15) is 0 Å². The van der Waals surface area contributed by atoms with Crippen molar-refractivity contribution in [2.45, 2.75) is 119 Å². The molecular weight excluding hydrogens is 584 g/mol. The second kappa shape index (κ2) is 16.1. The van der Waals surface area contributed by atoms with Crippen LogP contribution >= 0.6 is 0 Å². The number of rotatable bonds is 12. The molecule has 10 N–H and O–H groups in total. The third-order valence-electron chi connectivity index (χ3n) is 7.36. The summed E-state index contributed by atoms with van der Waals surface area (Å²) in [6.45, 7) is 2.17. The van der Waals surface area contributed by atoms with Crippen molar-refractivity contribution < 1.29 is 78.9 Å². The Hall–Kier alpha value is -1.62. The van der Waals surface area contributed by atoms with E-state index in [9.17, 15) is 50.4 Å². The van der Waals surface area contributed by atoms with Crippen LogP contribution in [0.25, 0.3) is 0 Å². The summed E-state index contributed by atoms with van der Waals surface area (Å²) in [7, 11) is 0. The van der Waals surface area contributed by atoms with Crippen LogP contribution in [0.5, 0.6) is 0 Å². The van der Waals surface area contributed by atoms with Crippen molar-refractivity contribution in [1.29, 1.82) is 0 Å². The van der Waals surface area contributed by atoms with Crippen LogP contribution in [0.2, 0.25) is 0 Å². The number of hydrogen-bond donors (Lipinski definition) is 10. The van der Waals surface area contributed by atoms with E-state index in [1.165, 1.54) is 6.92 Å². The molecule has 250 valence electrons. The van der Waals surface area contributed by atoms with Crippen LogP contribution in [-0.4, -0.2) is 171 Å². The van der Waals surface area contributed by atoms with Gasteiger partial charge in [0.05, 0.1) is 19.8 Å². The minimum absolute atomic E-state index is 0.216. The molecule has 0 saturated carbocycles. The van der Waals surface area contributed by atoms with E-state index in [0.29, 0.717) is 6.42 Å². The largest absolute Gasteiger partial charge is 0.394 e. The van der Waals surface area contributed by atoms with Crippen molar-refractivity contribution >= 4 is 11.8 Å². The Morgan fingerprint density at radius 2 is 1.07 bits per heavy atom. The molecule has 3 rings (SSSR count). The highest BCUT2D eigenvalue weighted by Gasteiger charge is 2.54. The molecule has 0 aromatic heterocycles. The Morgan fingerprint density at radius 1 is 0.628 bits per heavy atom. The maximum absolute atomic E-state index is 12.1. The number of amides is 2. The van der Waals surface area contributed by atoms with Crippen LogP contribution in [0.1, 0.15) is 27.2 Å². The lowest BCUT2D eigenvalue weighted by Crippen LogP contribution is -2.70. The van der Waals surface area contributed by atoms with Crippen LogP contribution in [0.3, 0.4) is 0 Å². The monoisotopic (exact) mass is 628 g/mol. The lowest BCUT2D eigenvalue weighted by Gasteiger charge is -2.49. The van der Waals surface area contributed by atoms with Crippen molar-refractivity contribution in [3.63, 3.8) is 0 Å². The van der Waals surface area contributed by atoms with Crippen molar-refractivity contribution in [3.8, 4) is 0 Å². The summed E-state index contributed by atoms with van der Waals surface area (Å²) in [6.07, 6.45) is -19.4. The average Bonchev–Trinajstić information content (AvgIpc) is 2.97. The Labute approximate surface area is 247 Å². The number of hydrogen-bond acceptors (Lipinski definition) is 16. The predicted molar refractivity (Wildman–Crippen MR) is 138 cm³/mol. The van der Waals surface area contributed by atoms with Gasteiger partial charge in [-0.1, -0.05) is 6.92 Å². The quantitative estimate of drug-likeness (QED) is 0.0963. The van der Waals surface area contributed by atoms with Gasteiger partial charge in [0.1, 0.15) is 73.1 Å². The molecule has 3 fully saturated rings. The molecule has 2 amide bonds. The summed E-state index contributed by atoms with van der Waals surface area (Å²) in [4.78, 5) is 24.0. The highest BCUT2D eigenvalue weighted by atomic mass is 16.8. The zero-order valence-corrected chi connectivity index (χ0v) is 24.0. The average molecular weight is 629 g/mol. The molecule has 0 unspecified atom stereocenters. The molecule has 0 aromatic rings. The maximum atomic E-state index is 12.1. The zero-order chi connectivity index (χ0) is 32.0. The van der Waals surface area contributed by atoms with Gasteiger partial charge in [-0.15, -0.1) is 0 Å². The SMILES string of the molecule is CCCO[C@@H]1O[C@H](CO)[C@@H](O[C@@H]2O[C@H](CO)[C@@H](O[C@@H]3O[C@H](CO)[C@H](O)[C@H](O)[C@H]3O)[C@H](O)[C@H]2NC(C)=O)[C@H](O)[C@H]1NC(C)=O. The van der Waals surface area contributed by atoms with Crippen LogP contribution < -0.4 is 10.6 Å². The van der Waals surface area contributed by atoms with Crippen LogP contribution in [-0.2, 0) is 38.0 Å². The van der Waals surface area contributed by atoms with E-state index < -0.39 is 124 Å². The first-order chi connectivity index (χ1) is 20.4. The maximum Gasteiger partial charge on any atom is 0.217 e. The minimum Gasteiger partial charge on any atom is -0.394 e. The fourth-order valence-corrected chi connectivity index (χ4v) is 5.23. The van der Waals surface area contributed by atoms with Crippen molar-refractivity contribution in [3.05, 3.63) is 0 Å². The van der Waals surface area contributed by atoms with Gasteiger partial charge < -0.3 is 79.9 Å². The number of nitrogens with one attached hydrogen (secondary N) is 2. The normalized spacial score (nSPS) is 43.7. The van der Waals surface area contributed by atoms with Gasteiger partial charge in [0.25, 0.3) is 0 Å². The fraction of sp³-hybridized carbons (Fsp3) is 0.920. The van der Waals surface area contributed by atoms with Crippen LogP contribution in [0, 0.1) is 0 Å². The summed E-state index contributed by atoms with van der Waals surface area (Å²) >= 11 is 0. The Balaban J connectivity index is 1.86. The molecular formula is C25H44N2O16. The fourth-order valence-electron chi connectivity index (χ4n) is 5.23. The van der Waals surface area contributed by atoms with Crippen molar-refractivity contribution in [1.82, 2.24) is 10.6 Å². The number of carbonyl (C=O) groups is 2. The molecule has 18 heteroatoms. The summed E-state index contributed by atoms with van der Waals surface area (Å²) < 4.78 is 34.2. The summed E-state index contributed by atoms with van der Waals surface area (Å²) in [5.74, 6) is -1.17. The molecule has 3 aliphatic heterocycles. The van der Waals surface area contributed by atoms with Gasteiger partial charge in [-0.05, 0) is 6.42 Å². The van der Waals surface area contributed by atoms with E-state index in [1.807, 2.05) is 6.92 Å². The molecule has 0 aromatic carbocycles. The standard InChI is InChI=1S/C25H44N2O16/c1-4-5-38-23-14(26-9(2)31)17(34)21(12(7-29)40-23)42-24-15(27-10(3)32)18(35)22(13(8-30)41-24)43-25-20(37)19(36)16(33)11(6-28)39-25/h11-25,28-30,33-37H,4-8H2,1-3H3,(H,26,31)(H,27,32)/t11-,12-,13-,14-,15-,16+,17-,18-,19+,20-,21-,22-,23-,24+,25+/m1/s1. The molecule has 3 saturated heterocycles. The summed E-state index contributed by atoms with van der Waals surface area (Å²) in [6, 6.07) is -2.60. The first-order valence-electron chi connectivity index (χ1n) is 14.0. The molecule has 18 nitrogen and oxygen atoms in total. The smallest absolute Gasteiger partial charge is 0.217 e. The summed E-state index contributed by atoms with van der Waals surface area (Å²) in [5.41, 5.74) is 0. The zero-order valence-electron chi connectivity index (χ0n) is 24.0. The van der Waals surface area contributed by atoms with Crippen molar-refractivity contribution in [2.24, 2.45) is 0 Å². The summed E-state index contributed by atoms with van der Waals surface area (Å²) in [5, 5.41) is 87.7. The van der Waals surface area contributed by atoms with Gasteiger partial charge in [0, 0.05) is 20.5 Å². The minimum atomic E-state index is -1.84. The third kappa shape index (κ3) is 8.35. The van der Waals surface area contributed by atoms with Gasteiger partial charge in [-0.25, -0.2) is 0 Å². The molecule has 0 aliphatic carbocycles. The van der Waals surface area contributed by atoms with E-state index in [4.69, 9.17) is 28.4 Å². The molecule has 3 aliphatic rings. The number of ether oxygens (including phenoxy) is 6. The predicted octanol–water partition coefficient (Wildman–Crippen LogP) is -5.85. The van der Waals surface area contributed by atoms with E-state index in [1.54, 1.807) is 0 Å². The van der Waals surface area contributed by atoms with Crippen LogP contribution in [0.4, 0.5) is 0 Å². The molecule has 0 radical (unpaired) electrons. The Bertz CT molecular complexity index is 899. The molecule has 43 heavy (non-hydrogen) atoms. The first kappa shape index (κ1) is 35.9. The van der Waals surface area contributed by atoms with Gasteiger partial charge in [0.2, 0.25) is 11.8 Å². The Kier molecular flexibility index (Phi) is 13.4. The van der Waals surface area contributed by atoms with E-state index in [0.717, 1.165) is 6.92 Å². The van der Waals surface area contributed by atoms with Gasteiger partial charge in [-0.3, -0.25) is 9.59 Å². The molecule has 3 heterocycles. The topological polar surface area (TPSA) is 275 Å². The Morgan fingerprint density at radius 3 is 1.53 bits per heavy atom. The first-order valence-corrected chi connectivity index (χ1v) is 14.0. The number of aliphatic hydroxyl groups is 8. The van der Waals surface area contributed by atoms with Gasteiger partial charge >= 0.3 is 0 Å². The lowest BCUT2D eigenvalue weighted by atomic mass is 9.94. The van der Waals surface area contributed by atoms with E-state index in [-0.39, 0.29) is 6.61 Å². The molecule has 15 atom stereocenters. The van der Waals surface area contributed by atoms with Crippen LogP contribution in [0.15, 0.2) is 0 Å². The third-order valence-corrected chi connectivity index (χ3v) is 7.36. The second-order valence-electron chi connectivity index (χ2n) is 10.7. The van der Waals surface area contributed by atoms with E-state index >= 15 is 0 Å². The highest BCUT2D eigenvalue weighted by Crippen LogP contribution is 2.32. The van der Waals surface area contributed by atoms with E-state index in [2.05, 4.69) is 10.6 Å². The number of aliphatic hydroxyl groups excluding tert-OH is 8. The molecule has 0 bridgehead atoms. The number of carbonyl (C=O) groups excluding carboxylic acids is 2. The highest BCUT2D eigenvalue weighted by molar-refractivity contribution is 5.73.